The molecule has 1 rings (SSSR count). The van der Waals surface area contributed by atoms with Crippen LogP contribution in [0.1, 0.15) is 26.3 Å². The van der Waals surface area contributed by atoms with E-state index in [-0.39, 0.29) is 0 Å². The molecule has 0 atom stereocenters. The van der Waals surface area contributed by atoms with E-state index in [0.29, 0.717) is 22.2 Å². The Balaban J connectivity index is 2.49. The Kier molecular flexibility index (Phi) is 5.63. The van der Waals surface area contributed by atoms with Crippen LogP contribution in [0.25, 0.3) is 6.08 Å². The zero-order valence-electron chi connectivity index (χ0n) is 11.0. The normalized spacial score (nSPS) is 11.6. The molecule has 1 amide bonds. The van der Waals surface area contributed by atoms with Crippen LogP contribution in [0.15, 0.2) is 18.5 Å². The minimum atomic E-state index is -0.508. The lowest BCUT2D eigenvalue weighted by molar-refractivity contribution is 0.0534. The first-order valence-corrected chi connectivity index (χ1v) is 6.47. The van der Waals surface area contributed by atoms with Crippen LogP contribution in [0.2, 0.25) is 10.0 Å². The molecule has 6 heteroatoms. The van der Waals surface area contributed by atoms with E-state index < -0.39 is 11.7 Å². The molecule has 0 spiro atoms. The van der Waals surface area contributed by atoms with Crippen molar-refractivity contribution in [2.24, 2.45) is 0 Å². The first-order valence-electron chi connectivity index (χ1n) is 5.72. The van der Waals surface area contributed by atoms with Crippen LogP contribution >= 0.6 is 23.2 Å². The van der Waals surface area contributed by atoms with Crippen molar-refractivity contribution >= 4 is 35.4 Å². The second-order valence-electron chi connectivity index (χ2n) is 4.80. The summed E-state index contributed by atoms with van der Waals surface area (Å²) in [5, 5.41) is 3.52. The summed E-state index contributed by atoms with van der Waals surface area (Å²) in [4.78, 5) is 15.2. The fourth-order valence-electron chi connectivity index (χ4n) is 1.21. The molecule has 104 valence electrons. The van der Waals surface area contributed by atoms with Crippen molar-refractivity contribution in [3.8, 4) is 0 Å². The van der Waals surface area contributed by atoms with Crippen molar-refractivity contribution in [3.63, 3.8) is 0 Å². The SMILES string of the molecule is CC(C)(C)OC(=O)NCC=Cc1c(Cl)cncc1Cl. The van der Waals surface area contributed by atoms with Crippen LogP contribution in [0.4, 0.5) is 4.79 Å². The summed E-state index contributed by atoms with van der Waals surface area (Å²) in [5.74, 6) is 0. The molecule has 0 radical (unpaired) electrons. The van der Waals surface area contributed by atoms with Crippen molar-refractivity contribution < 1.29 is 9.53 Å². The van der Waals surface area contributed by atoms with Gasteiger partial charge in [-0.05, 0) is 20.8 Å². The standard InChI is InChI=1S/C13H16Cl2N2O2/c1-13(2,3)19-12(18)17-6-4-5-9-10(14)7-16-8-11(9)15/h4-5,7-8H,6H2,1-3H3,(H,17,18). The van der Waals surface area contributed by atoms with Crippen molar-refractivity contribution in [1.82, 2.24) is 10.3 Å². The first kappa shape index (κ1) is 15.8. The summed E-state index contributed by atoms with van der Waals surface area (Å²) in [6.07, 6.45) is 6.01. The molecule has 0 aliphatic heterocycles. The van der Waals surface area contributed by atoms with Gasteiger partial charge in [0.2, 0.25) is 0 Å². The molecule has 0 aromatic carbocycles. The highest BCUT2D eigenvalue weighted by atomic mass is 35.5. The van der Waals surface area contributed by atoms with Gasteiger partial charge in [0.15, 0.2) is 0 Å². The number of amides is 1. The molecule has 0 saturated heterocycles. The molecule has 1 aromatic heterocycles. The first-order chi connectivity index (χ1) is 8.79. The van der Waals surface area contributed by atoms with Crippen LogP contribution in [-0.4, -0.2) is 23.2 Å². The Morgan fingerprint density at radius 1 is 1.37 bits per heavy atom. The predicted octanol–water partition coefficient (Wildman–Crippen LogP) is 3.93. The molecule has 0 saturated carbocycles. The van der Waals surface area contributed by atoms with Gasteiger partial charge in [-0.25, -0.2) is 4.79 Å². The van der Waals surface area contributed by atoms with Gasteiger partial charge in [0.1, 0.15) is 5.60 Å². The Bertz CT molecular complexity index is 462. The fourth-order valence-corrected chi connectivity index (χ4v) is 1.70. The summed E-state index contributed by atoms with van der Waals surface area (Å²) in [5.41, 5.74) is 0.162. The van der Waals surface area contributed by atoms with E-state index in [1.165, 1.54) is 12.4 Å². The number of nitrogens with zero attached hydrogens (tertiary/aromatic N) is 1. The molecule has 0 bridgehead atoms. The topological polar surface area (TPSA) is 51.2 Å². The number of hydrogen-bond acceptors (Lipinski definition) is 3. The third kappa shape index (κ3) is 5.94. The van der Waals surface area contributed by atoms with E-state index in [9.17, 15) is 4.79 Å². The van der Waals surface area contributed by atoms with Gasteiger partial charge in [-0.15, -0.1) is 0 Å². The maximum Gasteiger partial charge on any atom is 0.407 e. The quantitative estimate of drug-likeness (QED) is 0.920. The van der Waals surface area contributed by atoms with Crippen LogP contribution in [0.5, 0.6) is 0 Å². The second kappa shape index (κ2) is 6.78. The Hall–Kier alpha value is -1.26. The van der Waals surface area contributed by atoms with Gasteiger partial charge in [-0.3, -0.25) is 4.98 Å². The molecule has 0 aliphatic rings. The van der Waals surface area contributed by atoms with Gasteiger partial charge in [-0.1, -0.05) is 35.4 Å². The lowest BCUT2D eigenvalue weighted by Crippen LogP contribution is -2.32. The van der Waals surface area contributed by atoms with Gasteiger partial charge < -0.3 is 10.1 Å². The number of aromatic nitrogens is 1. The minimum Gasteiger partial charge on any atom is -0.444 e. The van der Waals surface area contributed by atoms with E-state index in [1.54, 1.807) is 32.9 Å². The van der Waals surface area contributed by atoms with E-state index in [0.717, 1.165) is 0 Å². The van der Waals surface area contributed by atoms with Crippen molar-refractivity contribution in [2.45, 2.75) is 26.4 Å². The molecule has 19 heavy (non-hydrogen) atoms. The average Bonchev–Trinajstić information content (AvgIpc) is 2.25. The van der Waals surface area contributed by atoms with Crippen LogP contribution in [-0.2, 0) is 4.74 Å². The smallest absolute Gasteiger partial charge is 0.407 e. The summed E-state index contributed by atoms with van der Waals surface area (Å²) in [6, 6.07) is 0. The molecule has 0 fully saturated rings. The predicted molar refractivity (Wildman–Crippen MR) is 77.5 cm³/mol. The number of pyridine rings is 1. The summed E-state index contributed by atoms with van der Waals surface area (Å²) >= 11 is 11.9. The molecular weight excluding hydrogens is 287 g/mol. The van der Waals surface area contributed by atoms with Gasteiger partial charge >= 0.3 is 6.09 Å². The molecule has 4 nitrogen and oxygen atoms in total. The Labute approximate surface area is 122 Å². The molecular formula is C13H16Cl2N2O2. The Morgan fingerprint density at radius 3 is 2.47 bits per heavy atom. The number of rotatable bonds is 3. The van der Waals surface area contributed by atoms with Crippen molar-refractivity contribution in [1.29, 1.82) is 0 Å². The average molecular weight is 303 g/mol. The number of nitrogens with one attached hydrogen (secondary N) is 1. The van der Waals surface area contributed by atoms with Crippen molar-refractivity contribution in [2.75, 3.05) is 6.54 Å². The zero-order valence-corrected chi connectivity index (χ0v) is 12.5. The summed E-state index contributed by atoms with van der Waals surface area (Å²) < 4.78 is 5.09. The maximum absolute atomic E-state index is 11.4. The minimum absolute atomic E-state index is 0.323. The molecule has 1 heterocycles. The zero-order chi connectivity index (χ0) is 14.5. The Morgan fingerprint density at radius 2 is 1.95 bits per heavy atom. The van der Waals surface area contributed by atoms with E-state index >= 15 is 0 Å². The lowest BCUT2D eigenvalue weighted by Gasteiger charge is -2.19. The third-order valence-electron chi connectivity index (χ3n) is 1.94. The van der Waals surface area contributed by atoms with E-state index in [4.69, 9.17) is 27.9 Å². The highest BCUT2D eigenvalue weighted by Gasteiger charge is 2.14. The van der Waals surface area contributed by atoms with Crippen LogP contribution in [0.3, 0.4) is 0 Å². The largest absolute Gasteiger partial charge is 0.444 e. The van der Waals surface area contributed by atoms with Gasteiger partial charge in [0, 0.05) is 24.5 Å². The number of hydrogen-bond donors (Lipinski definition) is 1. The van der Waals surface area contributed by atoms with Crippen LogP contribution < -0.4 is 5.32 Å². The third-order valence-corrected chi connectivity index (χ3v) is 2.54. The van der Waals surface area contributed by atoms with Crippen molar-refractivity contribution in [3.05, 3.63) is 34.1 Å². The number of carbonyl (C=O) groups is 1. The van der Waals surface area contributed by atoms with Crippen LogP contribution in [0, 0.1) is 0 Å². The highest BCUT2D eigenvalue weighted by molar-refractivity contribution is 6.36. The lowest BCUT2D eigenvalue weighted by atomic mass is 10.2. The van der Waals surface area contributed by atoms with E-state index in [1.807, 2.05) is 0 Å². The second-order valence-corrected chi connectivity index (χ2v) is 5.62. The summed E-state index contributed by atoms with van der Waals surface area (Å²) in [7, 11) is 0. The number of alkyl carbamates (subject to hydrolysis) is 1. The van der Waals surface area contributed by atoms with Gasteiger partial charge in [-0.2, -0.15) is 0 Å². The molecule has 0 aliphatic carbocycles. The molecule has 1 N–H and O–H groups in total. The van der Waals surface area contributed by atoms with Gasteiger partial charge in [0.05, 0.1) is 10.0 Å². The number of ether oxygens (including phenoxy) is 1. The number of halogens is 2. The molecule has 0 unspecified atom stereocenters. The number of carbonyl (C=O) groups excluding carboxylic acids is 1. The summed E-state index contributed by atoms with van der Waals surface area (Å²) in [6.45, 7) is 5.74. The maximum atomic E-state index is 11.4. The van der Waals surface area contributed by atoms with E-state index in [2.05, 4.69) is 10.3 Å². The van der Waals surface area contributed by atoms with Gasteiger partial charge in [0.25, 0.3) is 0 Å². The highest BCUT2D eigenvalue weighted by Crippen LogP contribution is 2.23. The fraction of sp³-hybridized carbons (Fsp3) is 0.385. The monoisotopic (exact) mass is 302 g/mol. The molecule has 1 aromatic rings.